The maximum atomic E-state index is 12.1. The molecule has 0 unspecified atom stereocenters. The highest BCUT2D eigenvalue weighted by molar-refractivity contribution is 7.13. The van der Waals surface area contributed by atoms with Gasteiger partial charge in [-0.1, -0.05) is 0 Å². The van der Waals surface area contributed by atoms with Crippen LogP contribution in [-0.4, -0.2) is 35.0 Å². The predicted molar refractivity (Wildman–Crippen MR) is 83.9 cm³/mol. The Hall–Kier alpha value is -2.02. The van der Waals surface area contributed by atoms with Crippen molar-refractivity contribution in [2.45, 2.75) is 27.3 Å². The molecule has 21 heavy (non-hydrogen) atoms. The first-order chi connectivity index (χ1) is 9.86. The number of aromatic nitrogens is 3. The van der Waals surface area contributed by atoms with E-state index < -0.39 is 0 Å². The normalized spacial score (nSPS) is 10.5. The van der Waals surface area contributed by atoms with E-state index >= 15 is 0 Å². The van der Waals surface area contributed by atoms with Crippen molar-refractivity contribution in [2.24, 2.45) is 0 Å². The Morgan fingerprint density at radius 2 is 1.95 bits per heavy atom. The van der Waals surface area contributed by atoms with E-state index in [0.717, 1.165) is 22.2 Å². The fourth-order valence-corrected chi connectivity index (χ4v) is 2.74. The lowest BCUT2D eigenvalue weighted by atomic mass is 10.3. The molecule has 7 heteroatoms. The van der Waals surface area contributed by atoms with Crippen LogP contribution in [0.3, 0.4) is 0 Å². The molecule has 0 fully saturated rings. The Morgan fingerprint density at radius 1 is 1.24 bits per heavy atom. The minimum atomic E-state index is -0.130. The monoisotopic (exact) mass is 305 g/mol. The second kappa shape index (κ2) is 6.17. The lowest BCUT2D eigenvalue weighted by molar-refractivity contribution is 0.0953. The Bertz CT molecular complexity index is 665. The zero-order valence-electron chi connectivity index (χ0n) is 12.9. The number of hydrogen-bond acceptors (Lipinski definition) is 6. The highest BCUT2D eigenvalue weighted by atomic mass is 32.1. The lowest BCUT2D eigenvalue weighted by Crippen LogP contribution is -2.24. The van der Waals surface area contributed by atoms with Crippen LogP contribution in [0.4, 0.5) is 5.82 Å². The summed E-state index contributed by atoms with van der Waals surface area (Å²) >= 11 is 1.40. The van der Waals surface area contributed by atoms with Crippen molar-refractivity contribution >= 4 is 23.1 Å². The molecule has 0 radical (unpaired) electrons. The van der Waals surface area contributed by atoms with Crippen LogP contribution in [0.1, 0.15) is 31.9 Å². The van der Waals surface area contributed by atoms with E-state index in [1.165, 1.54) is 11.3 Å². The molecule has 2 aromatic heterocycles. The predicted octanol–water partition coefficient (Wildman–Crippen LogP) is 1.85. The second-order valence-electron chi connectivity index (χ2n) is 5.01. The fourth-order valence-electron chi connectivity index (χ4n) is 1.90. The number of carbonyl (C=O) groups is 1. The molecule has 0 aliphatic rings. The van der Waals surface area contributed by atoms with E-state index in [-0.39, 0.29) is 5.91 Å². The summed E-state index contributed by atoms with van der Waals surface area (Å²) in [6.07, 6.45) is 0. The van der Waals surface area contributed by atoms with E-state index in [9.17, 15) is 4.79 Å². The largest absolute Gasteiger partial charge is 0.363 e. The van der Waals surface area contributed by atoms with Gasteiger partial charge < -0.3 is 10.2 Å². The number of amides is 1. The molecular formula is C14H19N5OS. The van der Waals surface area contributed by atoms with Gasteiger partial charge in [-0.05, 0) is 20.8 Å². The van der Waals surface area contributed by atoms with Crippen molar-refractivity contribution in [2.75, 3.05) is 19.0 Å². The smallest absolute Gasteiger partial charge is 0.263 e. The maximum Gasteiger partial charge on any atom is 0.263 e. The average Bonchev–Trinajstić information content (AvgIpc) is 2.74. The molecule has 0 bridgehead atoms. The highest BCUT2D eigenvalue weighted by Gasteiger charge is 2.14. The summed E-state index contributed by atoms with van der Waals surface area (Å²) in [6, 6.07) is 1.90. The van der Waals surface area contributed by atoms with Crippen molar-refractivity contribution in [1.82, 2.24) is 20.3 Å². The minimum Gasteiger partial charge on any atom is -0.363 e. The van der Waals surface area contributed by atoms with Crippen molar-refractivity contribution < 1.29 is 4.79 Å². The van der Waals surface area contributed by atoms with Gasteiger partial charge in [0.05, 0.1) is 17.2 Å². The Labute approximate surface area is 128 Å². The van der Waals surface area contributed by atoms with Crippen LogP contribution in [0.25, 0.3) is 0 Å². The van der Waals surface area contributed by atoms with E-state index in [1.54, 1.807) is 0 Å². The standard InChI is InChI=1S/C14H19N5OS/c1-8-6-12(19(4)5)18-11(16-8)7-15-14(20)13-9(2)17-10(3)21-13/h6H,7H2,1-5H3,(H,15,20). The lowest BCUT2D eigenvalue weighted by Gasteiger charge is -2.13. The summed E-state index contributed by atoms with van der Waals surface area (Å²) in [5.74, 6) is 1.30. The van der Waals surface area contributed by atoms with Gasteiger partial charge in [0.1, 0.15) is 16.5 Å². The van der Waals surface area contributed by atoms with Crippen LogP contribution in [0.5, 0.6) is 0 Å². The maximum absolute atomic E-state index is 12.1. The van der Waals surface area contributed by atoms with Crippen LogP contribution >= 0.6 is 11.3 Å². The third-order valence-corrected chi connectivity index (χ3v) is 3.93. The van der Waals surface area contributed by atoms with Crippen LogP contribution in [0.15, 0.2) is 6.07 Å². The van der Waals surface area contributed by atoms with Crippen LogP contribution in [0, 0.1) is 20.8 Å². The third kappa shape index (κ3) is 3.75. The first kappa shape index (κ1) is 15.4. The average molecular weight is 305 g/mol. The molecule has 0 saturated heterocycles. The van der Waals surface area contributed by atoms with Gasteiger partial charge in [0.2, 0.25) is 0 Å². The van der Waals surface area contributed by atoms with Gasteiger partial charge >= 0.3 is 0 Å². The highest BCUT2D eigenvalue weighted by Crippen LogP contribution is 2.17. The van der Waals surface area contributed by atoms with E-state index in [1.807, 2.05) is 45.8 Å². The number of nitrogens with zero attached hydrogens (tertiary/aromatic N) is 4. The van der Waals surface area contributed by atoms with E-state index in [0.29, 0.717) is 17.2 Å². The number of anilines is 1. The first-order valence-electron chi connectivity index (χ1n) is 6.61. The van der Waals surface area contributed by atoms with E-state index in [4.69, 9.17) is 0 Å². The van der Waals surface area contributed by atoms with Gasteiger partial charge in [-0.25, -0.2) is 15.0 Å². The first-order valence-corrected chi connectivity index (χ1v) is 7.42. The van der Waals surface area contributed by atoms with Crippen LogP contribution < -0.4 is 10.2 Å². The Balaban J connectivity index is 2.09. The van der Waals surface area contributed by atoms with Crippen LogP contribution in [0.2, 0.25) is 0 Å². The number of rotatable bonds is 4. The van der Waals surface area contributed by atoms with Gasteiger partial charge in [-0.2, -0.15) is 0 Å². The minimum absolute atomic E-state index is 0.130. The number of carbonyl (C=O) groups excluding carboxylic acids is 1. The Morgan fingerprint density at radius 3 is 2.52 bits per heavy atom. The summed E-state index contributed by atoms with van der Waals surface area (Å²) in [5.41, 5.74) is 1.64. The van der Waals surface area contributed by atoms with Crippen molar-refractivity contribution in [3.8, 4) is 0 Å². The zero-order valence-corrected chi connectivity index (χ0v) is 13.7. The molecule has 0 spiro atoms. The molecule has 112 valence electrons. The van der Waals surface area contributed by atoms with Gasteiger partial charge in [-0.3, -0.25) is 4.79 Å². The molecular weight excluding hydrogens is 286 g/mol. The number of nitrogens with one attached hydrogen (secondary N) is 1. The summed E-state index contributed by atoms with van der Waals surface area (Å²) < 4.78 is 0. The van der Waals surface area contributed by atoms with Crippen molar-refractivity contribution in [3.63, 3.8) is 0 Å². The third-order valence-electron chi connectivity index (χ3n) is 2.86. The van der Waals surface area contributed by atoms with Crippen molar-refractivity contribution in [1.29, 1.82) is 0 Å². The molecule has 2 aromatic rings. The summed E-state index contributed by atoms with van der Waals surface area (Å²) in [5, 5.41) is 3.74. The molecule has 2 heterocycles. The molecule has 0 aliphatic carbocycles. The van der Waals surface area contributed by atoms with Gasteiger partial charge in [-0.15, -0.1) is 11.3 Å². The molecule has 0 atom stereocenters. The number of hydrogen-bond donors (Lipinski definition) is 1. The molecule has 1 N–H and O–H groups in total. The molecule has 0 saturated carbocycles. The molecule has 0 aromatic carbocycles. The topological polar surface area (TPSA) is 71.0 Å². The van der Waals surface area contributed by atoms with E-state index in [2.05, 4.69) is 20.3 Å². The zero-order chi connectivity index (χ0) is 15.6. The second-order valence-corrected chi connectivity index (χ2v) is 6.21. The quantitative estimate of drug-likeness (QED) is 0.933. The summed E-state index contributed by atoms with van der Waals surface area (Å²) in [7, 11) is 3.85. The van der Waals surface area contributed by atoms with Gasteiger partial charge in [0.15, 0.2) is 0 Å². The summed E-state index contributed by atoms with van der Waals surface area (Å²) in [6.45, 7) is 5.95. The molecule has 6 nitrogen and oxygen atoms in total. The molecule has 0 aliphatic heterocycles. The van der Waals surface area contributed by atoms with Crippen molar-refractivity contribution in [3.05, 3.63) is 33.2 Å². The number of thiazole rings is 1. The van der Waals surface area contributed by atoms with Gasteiger partial charge in [0.25, 0.3) is 5.91 Å². The molecule has 2 rings (SSSR count). The Kier molecular flexibility index (Phi) is 4.52. The van der Waals surface area contributed by atoms with Gasteiger partial charge in [0, 0.05) is 25.9 Å². The number of aryl methyl sites for hydroxylation is 3. The summed E-state index contributed by atoms with van der Waals surface area (Å²) in [4.78, 5) is 27.7. The SMILES string of the molecule is Cc1cc(N(C)C)nc(CNC(=O)c2sc(C)nc2C)n1. The fraction of sp³-hybridized carbons (Fsp3) is 0.429. The molecule has 1 amide bonds. The van der Waals surface area contributed by atoms with Crippen LogP contribution in [-0.2, 0) is 6.54 Å².